The highest BCUT2D eigenvalue weighted by molar-refractivity contribution is 9.10. The van der Waals surface area contributed by atoms with Crippen LogP contribution in [0, 0.1) is 5.92 Å². The van der Waals surface area contributed by atoms with Gasteiger partial charge in [0, 0.05) is 16.6 Å². The number of hydrogen-bond donors (Lipinski definition) is 1. The molecule has 2 unspecified atom stereocenters. The Labute approximate surface area is 92.8 Å². The molecule has 3 heteroatoms. The first-order valence-corrected chi connectivity index (χ1v) is 5.66. The summed E-state index contributed by atoms with van der Waals surface area (Å²) in [6.45, 7) is 4.04. The zero-order chi connectivity index (χ0) is 9.97. The van der Waals surface area contributed by atoms with Crippen LogP contribution in [-0.2, 0) is 4.74 Å². The zero-order valence-electron chi connectivity index (χ0n) is 8.16. The lowest BCUT2D eigenvalue weighted by molar-refractivity contribution is -0.0258. The molecule has 0 aromatic heterocycles. The van der Waals surface area contributed by atoms with E-state index in [1.54, 1.807) is 0 Å². The van der Waals surface area contributed by atoms with Gasteiger partial charge in [-0.05, 0) is 12.0 Å². The van der Waals surface area contributed by atoms with Gasteiger partial charge >= 0.3 is 0 Å². The Kier molecular flexibility index (Phi) is 3.21. The van der Waals surface area contributed by atoms with Gasteiger partial charge in [-0.15, -0.1) is 0 Å². The van der Waals surface area contributed by atoms with Crippen LogP contribution in [0.5, 0.6) is 0 Å². The van der Waals surface area contributed by atoms with Crippen molar-refractivity contribution in [1.29, 1.82) is 0 Å². The van der Waals surface area contributed by atoms with Gasteiger partial charge in [0.15, 0.2) is 0 Å². The van der Waals surface area contributed by atoms with Gasteiger partial charge in [0.05, 0.1) is 6.61 Å². The normalized spacial score (nSPS) is 27.6. The smallest absolute Gasteiger partial charge is 0.135 e. The summed E-state index contributed by atoms with van der Waals surface area (Å²) < 4.78 is 6.82. The monoisotopic (exact) mass is 255 g/mol. The number of ether oxygens (including phenoxy) is 1. The van der Waals surface area contributed by atoms with Gasteiger partial charge in [0.1, 0.15) is 6.23 Å². The third-order valence-electron chi connectivity index (χ3n) is 2.39. The van der Waals surface area contributed by atoms with E-state index in [0.29, 0.717) is 5.92 Å². The highest BCUT2D eigenvalue weighted by Crippen LogP contribution is 2.26. The van der Waals surface area contributed by atoms with Crippen molar-refractivity contribution in [2.24, 2.45) is 5.92 Å². The Hall–Kier alpha value is -0.380. The van der Waals surface area contributed by atoms with Crippen LogP contribution in [-0.4, -0.2) is 13.2 Å². The maximum Gasteiger partial charge on any atom is 0.135 e. The van der Waals surface area contributed by atoms with E-state index in [9.17, 15) is 0 Å². The topological polar surface area (TPSA) is 21.3 Å². The first-order chi connectivity index (χ1) is 6.77. The van der Waals surface area contributed by atoms with Crippen molar-refractivity contribution in [1.82, 2.24) is 5.32 Å². The summed E-state index contributed by atoms with van der Waals surface area (Å²) in [5.41, 5.74) is 1.18. The lowest BCUT2D eigenvalue weighted by Gasteiger charge is -2.29. The van der Waals surface area contributed by atoms with E-state index < -0.39 is 0 Å². The maximum absolute atomic E-state index is 5.72. The molecule has 1 fully saturated rings. The van der Waals surface area contributed by atoms with Crippen molar-refractivity contribution in [3.05, 3.63) is 34.3 Å². The summed E-state index contributed by atoms with van der Waals surface area (Å²) in [6.07, 6.45) is 0.0433. The number of rotatable bonds is 1. The first kappa shape index (κ1) is 10.1. The van der Waals surface area contributed by atoms with E-state index in [4.69, 9.17) is 4.74 Å². The summed E-state index contributed by atoms with van der Waals surface area (Å²) in [4.78, 5) is 0. The fourth-order valence-corrected chi connectivity index (χ4v) is 2.07. The zero-order valence-corrected chi connectivity index (χ0v) is 9.75. The van der Waals surface area contributed by atoms with Crippen molar-refractivity contribution in [3.63, 3.8) is 0 Å². The van der Waals surface area contributed by atoms with E-state index >= 15 is 0 Å². The molecule has 1 N–H and O–H groups in total. The summed E-state index contributed by atoms with van der Waals surface area (Å²) in [5, 5.41) is 3.37. The minimum Gasteiger partial charge on any atom is -0.359 e. The standard InChI is InChI=1S/C11H14BrNO/c1-8-6-13-11(14-7-8)9-4-2-3-5-10(9)12/h2-5,8,11,13H,6-7H2,1H3. The lowest BCUT2D eigenvalue weighted by atomic mass is 10.1. The van der Waals surface area contributed by atoms with E-state index in [0.717, 1.165) is 17.6 Å². The minimum absolute atomic E-state index is 0.0433. The van der Waals surface area contributed by atoms with E-state index in [1.165, 1.54) is 5.56 Å². The fourth-order valence-electron chi connectivity index (χ4n) is 1.57. The third-order valence-corrected chi connectivity index (χ3v) is 3.11. The Balaban J connectivity index is 2.12. The molecule has 0 spiro atoms. The molecule has 1 aromatic rings. The van der Waals surface area contributed by atoms with E-state index in [2.05, 4.69) is 34.2 Å². The van der Waals surface area contributed by atoms with Gasteiger partial charge in [-0.2, -0.15) is 0 Å². The average molecular weight is 256 g/mol. The Morgan fingerprint density at radius 1 is 1.43 bits per heavy atom. The van der Waals surface area contributed by atoms with Crippen molar-refractivity contribution in [2.75, 3.05) is 13.2 Å². The van der Waals surface area contributed by atoms with Crippen molar-refractivity contribution < 1.29 is 4.74 Å². The molecular weight excluding hydrogens is 242 g/mol. The van der Waals surface area contributed by atoms with Crippen molar-refractivity contribution in [3.8, 4) is 0 Å². The van der Waals surface area contributed by atoms with Crippen LogP contribution in [0.25, 0.3) is 0 Å². The molecule has 1 aliphatic rings. The molecule has 0 amide bonds. The van der Waals surface area contributed by atoms with Crippen molar-refractivity contribution >= 4 is 15.9 Å². The molecule has 2 nitrogen and oxygen atoms in total. The molecule has 0 aliphatic carbocycles. The predicted molar refractivity (Wildman–Crippen MR) is 60.0 cm³/mol. The molecule has 76 valence electrons. The summed E-state index contributed by atoms with van der Waals surface area (Å²) >= 11 is 3.53. The van der Waals surface area contributed by atoms with E-state index in [-0.39, 0.29) is 6.23 Å². The van der Waals surface area contributed by atoms with Gasteiger partial charge in [0.2, 0.25) is 0 Å². The molecule has 0 bridgehead atoms. The SMILES string of the molecule is CC1CNC(c2ccccc2Br)OC1. The molecule has 2 atom stereocenters. The number of benzene rings is 1. The van der Waals surface area contributed by atoms with Crippen LogP contribution in [0.1, 0.15) is 18.7 Å². The van der Waals surface area contributed by atoms with Crippen LogP contribution in [0.4, 0.5) is 0 Å². The minimum atomic E-state index is 0.0433. The van der Waals surface area contributed by atoms with E-state index in [1.807, 2.05) is 18.2 Å². The fraction of sp³-hybridized carbons (Fsp3) is 0.455. The highest BCUT2D eigenvalue weighted by Gasteiger charge is 2.20. The number of hydrogen-bond acceptors (Lipinski definition) is 2. The van der Waals surface area contributed by atoms with Crippen LogP contribution in [0.15, 0.2) is 28.7 Å². The second-order valence-corrected chi connectivity index (χ2v) is 4.60. The van der Waals surface area contributed by atoms with Crippen molar-refractivity contribution in [2.45, 2.75) is 13.2 Å². The van der Waals surface area contributed by atoms with Crippen LogP contribution in [0.2, 0.25) is 0 Å². The first-order valence-electron chi connectivity index (χ1n) is 4.87. The Morgan fingerprint density at radius 2 is 2.21 bits per heavy atom. The second-order valence-electron chi connectivity index (χ2n) is 3.75. The van der Waals surface area contributed by atoms with Gasteiger partial charge in [-0.25, -0.2) is 0 Å². The average Bonchev–Trinajstić information content (AvgIpc) is 2.20. The summed E-state index contributed by atoms with van der Waals surface area (Å²) in [7, 11) is 0. The molecule has 2 rings (SSSR count). The summed E-state index contributed by atoms with van der Waals surface area (Å²) in [6, 6.07) is 8.17. The van der Waals surface area contributed by atoms with Crippen LogP contribution >= 0.6 is 15.9 Å². The number of nitrogens with one attached hydrogen (secondary N) is 1. The third kappa shape index (κ3) is 2.16. The van der Waals surface area contributed by atoms with Gasteiger partial charge in [0.25, 0.3) is 0 Å². The highest BCUT2D eigenvalue weighted by atomic mass is 79.9. The lowest BCUT2D eigenvalue weighted by Crippen LogP contribution is -2.36. The van der Waals surface area contributed by atoms with Crippen LogP contribution in [0.3, 0.4) is 0 Å². The predicted octanol–water partition coefficient (Wildman–Crippen LogP) is 2.70. The molecule has 1 aromatic carbocycles. The summed E-state index contributed by atoms with van der Waals surface area (Å²) in [5.74, 6) is 0.605. The molecular formula is C11H14BrNO. The van der Waals surface area contributed by atoms with Gasteiger partial charge in [-0.3, -0.25) is 5.32 Å². The molecule has 1 saturated heterocycles. The Bertz CT molecular complexity index is 308. The quantitative estimate of drug-likeness (QED) is 0.834. The second kappa shape index (κ2) is 4.43. The molecule has 0 saturated carbocycles. The maximum atomic E-state index is 5.72. The molecule has 1 heterocycles. The van der Waals surface area contributed by atoms with Crippen LogP contribution < -0.4 is 5.32 Å². The number of halogens is 1. The molecule has 14 heavy (non-hydrogen) atoms. The molecule has 0 radical (unpaired) electrons. The Morgan fingerprint density at radius 3 is 2.86 bits per heavy atom. The largest absolute Gasteiger partial charge is 0.359 e. The molecule has 1 aliphatic heterocycles. The van der Waals surface area contributed by atoms with Gasteiger partial charge in [-0.1, -0.05) is 41.1 Å². The van der Waals surface area contributed by atoms with Gasteiger partial charge < -0.3 is 4.74 Å².